The maximum absolute atomic E-state index is 12.9. The van der Waals surface area contributed by atoms with Crippen molar-refractivity contribution in [2.45, 2.75) is 44.1 Å². The van der Waals surface area contributed by atoms with Crippen molar-refractivity contribution < 1.29 is 8.78 Å². The van der Waals surface area contributed by atoms with Crippen molar-refractivity contribution in [3.05, 3.63) is 0 Å². The zero-order valence-corrected chi connectivity index (χ0v) is 7.60. The maximum atomic E-state index is 12.9. The van der Waals surface area contributed by atoms with Crippen LogP contribution in [0, 0.1) is 18.3 Å². The molecular formula is C10H15F2N. The summed E-state index contributed by atoms with van der Waals surface area (Å²) in [5.41, 5.74) is 5.70. The minimum Gasteiger partial charge on any atom is -0.327 e. The Morgan fingerprint density at radius 3 is 2.85 bits per heavy atom. The van der Waals surface area contributed by atoms with Crippen LogP contribution >= 0.6 is 0 Å². The van der Waals surface area contributed by atoms with Crippen LogP contribution in [0.1, 0.15) is 32.1 Å². The summed E-state index contributed by atoms with van der Waals surface area (Å²) in [6.07, 6.45) is 6.76. The van der Waals surface area contributed by atoms with Gasteiger partial charge in [-0.15, -0.1) is 12.3 Å². The number of alkyl halides is 2. The molecule has 0 aliphatic heterocycles. The van der Waals surface area contributed by atoms with Gasteiger partial charge in [0.05, 0.1) is 0 Å². The van der Waals surface area contributed by atoms with Gasteiger partial charge in [-0.3, -0.25) is 0 Å². The lowest BCUT2D eigenvalue weighted by atomic mass is 9.81. The van der Waals surface area contributed by atoms with Crippen molar-refractivity contribution in [3.8, 4) is 12.3 Å². The molecule has 1 fully saturated rings. The van der Waals surface area contributed by atoms with Crippen LogP contribution in [0.25, 0.3) is 0 Å². The van der Waals surface area contributed by atoms with Gasteiger partial charge in [0.25, 0.3) is 0 Å². The number of terminal acetylenes is 1. The highest BCUT2D eigenvalue weighted by Gasteiger charge is 2.37. The molecule has 0 amide bonds. The number of halogens is 2. The SMILES string of the molecule is C#CCC(N)C1CCCC(F)(F)C1. The van der Waals surface area contributed by atoms with Gasteiger partial charge in [-0.05, 0) is 18.8 Å². The molecule has 0 heterocycles. The summed E-state index contributed by atoms with van der Waals surface area (Å²) in [6, 6.07) is -0.254. The van der Waals surface area contributed by atoms with E-state index in [0.29, 0.717) is 12.8 Å². The average molecular weight is 187 g/mol. The Bertz CT molecular complexity index is 207. The topological polar surface area (TPSA) is 26.0 Å². The first-order valence-corrected chi connectivity index (χ1v) is 4.62. The standard InChI is InChI=1S/C10H15F2N/c1-2-4-9(13)8-5-3-6-10(11,12)7-8/h1,8-9H,3-7,13H2. The van der Waals surface area contributed by atoms with Gasteiger partial charge in [0.1, 0.15) is 0 Å². The number of rotatable bonds is 2. The molecule has 2 atom stereocenters. The lowest BCUT2D eigenvalue weighted by Crippen LogP contribution is -2.37. The quantitative estimate of drug-likeness (QED) is 0.659. The van der Waals surface area contributed by atoms with Crippen molar-refractivity contribution in [1.29, 1.82) is 0 Å². The zero-order chi connectivity index (χ0) is 9.90. The molecule has 0 aromatic carbocycles. The lowest BCUT2D eigenvalue weighted by Gasteiger charge is -2.31. The van der Waals surface area contributed by atoms with E-state index in [0.717, 1.165) is 6.42 Å². The minimum atomic E-state index is -2.52. The summed E-state index contributed by atoms with van der Waals surface area (Å²) in [5, 5.41) is 0. The monoisotopic (exact) mass is 187 g/mol. The van der Waals surface area contributed by atoms with Crippen LogP contribution in [0.3, 0.4) is 0 Å². The number of hydrogen-bond acceptors (Lipinski definition) is 1. The van der Waals surface area contributed by atoms with Crippen molar-refractivity contribution >= 4 is 0 Å². The molecule has 1 rings (SSSR count). The van der Waals surface area contributed by atoms with Crippen LogP contribution in [0.5, 0.6) is 0 Å². The Morgan fingerprint density at radius 1 is 1.62 bits per heavy atom. The number of nitrogens with two attached hydrogens (primary N) is 1. The Morgan fingerprint density at radius 2 is 2.31 bits per heavy atom. The summed E-state index contributed by atoms with van der Waals surface area (Å²) in [6.45, 7) is 0. The smallest absolute Gasteiger partial charge is 0.248 e. The van der Waals surface area contributed by atoms with Gasteiger partial charge < -0.3 is 5.73 Å². The van der Waals surface area contributed by atoms with Crippen molar-refractivity contribution in [1.82, 2.24) is 0 Å². The lowest BCUT2D eigenvalue weighted by molar-refractivity contribution is -0.0559. The Hall–Kier alpha value is -0.620. The van der Waals surface area contributed by atoms with Crippen molar-refractivity contribution in [2.75, 3.05) is 0 Å². The summed E-state index contributed by atoms with van der Waals surface area (Å²) in [4.78, 5) is 0. The predicted molar refractivity (Wildman–Crippen MR) is 48.3 cm³/mol. The highest BCUT2D eigenvalue weighted by Crippen LogP contribution is 2.37. The molecule has 1 aliphatic carbocycles. The first-order valence-electron chi connectivity index (χ1n) is 4.62. The molecule has 0 bridgehead atoms. The van der Waals surface area contributed by atoms with Gasteiger partial charge in [0.2, 0.25) is 5.92 Å². The van der Waals surface area contributed by atoms with E-state index in [1.165, 1.54) is 0 Å². The Labute approximate surface area is 77.7 Å². The fraction of sp³-hybridized carbons (Fsp3) is 0.800. The third-order valence-electron chi connectivity index (χ3n) is 2.64. The highest BCUT2D eigenvalue weighted by atomic mass is 19.3. The Balaban J connectivity index is 2.47. The van der Waals surface area contributed by atoms with E-state index in [1.54, 1.807) is 0 Å². The van der Waals surface area contributed by atoms with Crippen LogP contribution in [0.2, 0.25) is 0 Å². The normalized spacial score (nSPS) is 29.2. The molecule has 3 heteroatoms. The molecule has 2 unspecified atom stereocenters. The second kappa shape index (κ2) is 4.06. The third-order valence-corrected chi connectivity index (χ3v) is 2.64. The first kappa shape index (κ1) is 10.5. The van der Waals surface area contributed by atoms with Gasteiger partial charge in [0.15, 0.2) is 0 Å². The molecule has 0 saturated heterocycles. The third kappa shape index (κ3) is 2.96. The van der Waals surface area contributed by atoms with Gasteiger partial charge in [-0.25, -0.2) is 8.78 Å². The molecule has 2 N–H and O–H groups in total. The van der Waals surface area contributed by atoms with Gasteiger partial charge in [-0.1, -0.05) is 0 Å². The summed E-state index contributed by atoms with van der Waals surface area (Å²) < 4.78 is 25.9. The van der Waals surface area contributed by atoms with Crippen molar-refractivity contribution in [2.24, 2.45) is 11.7 Å². The van der Waals surface area contributed by atoms with Gasteiger partial charge in [-0.2, -0.15) is 0 Å². The molecule has 1 nitrogen and oxygen atoms in total. The summed E-state index contributed by atoms with van der Waals surface area (Å²) >= 11 is 0. The molecule has 0 aromatic rings. The Kier molecular flexibility index (Phi) is 3.27. The molecule has 1 saturated carbocycles. The van der Waals surface area contributed by atoms with E-state index < -0.39 is 5.92 Å². The van der Waals surface area contributed by atoms with E-state index in [9.17, 15) is 8.78 Å². The van der Waals surface area contributed by atoms with E-state index in [2.05, 4.69) is 5.92 Å². The molecular weight excluding hydrogens is 172 g/mol. The molecule has 1 aliphatic rings. The molecule has 13 heavy (non-hydrogen) atoms. The number of hydrogen-bond donors (Lipinski definition) is 1. The van der Waals surface area contributed by atoms with E-state index >= 15 is 0 Å². The molecule has 0 aromatic heterocycles. The molecule has 0 radical (unpaired) electrons. The van der Waals surface area contributed by atoms with Gasteiger partial charge >= 0.3 is 0 Å². The second-order valence-electron chi connectivity index (χ2n) is 3.78. The first-order chi connectivity index (χ1) is 6.05. The molecule has 74 valence electrons. The van der Waals surface area contributed by atoms with Crippen LogP contribution in [0.4, 0.5) is 8.78 Å². The zero-order valence-electron chi connectivity index (χ0n) is 7.60. The van der Waals surface area contributed by atoms with Crippen LogP contribution in [0.15, 0.2) is 0 Å². The summed E-state index contributed by atoms with van der Waals surface area (Å²) in [5.74, 6) is -0.194. The van der Waals surface area contributed by atoms with E-state index in [-0.39, 0.29) is 24.8 Å². The fourth-order valence-electron chi connectivity index (χ4n) is 1.88. The highest BCUT2D eigenvalue weighted by molar-refractivity contribution is 4.93. The van der Waals surface area contributed by atoms with Crippen molar-refractivity contribution in [3.63, 3.8) is 0 Å². The van der Waals surface area contributed by atoms with Crippen LogP contribution in [-0.2, 0) is 0 Å². The van der Waals surface area contributed by atoms with Crippen LogP contribution in [-0.4, -0.2) is 12.0 Å². The summed E-state index contributed by atoms with van der Waals surface area (Å²) in [7, 11) is 0. The largest absolute Gasteiger partial charge is 0.327 e. The van der Waals surface area contributed by atoms with Crippen LogP contribution < -0.4 is 5.73 Å². The van der Waals surface area contributed by atoms with E-state index in [1.807, 2.05) is 0 Å². The minimum absolute atomic E-state index is 0.00622. The van der Waals surface area contributed by atoms with E-state index in [4.69, 9.17) is 12.2 Å². The average Bonchev–Trinajstić information content (AvgIpc) is 2.03. The fourth-order valence-corrected chi connectivity index (χ4v) is 1.88. The predicted octanol–water partition coefficient (Wildman–Crippen LogP) is 2.16. The van der Waals surface area contributed by atoms with Gasteiger partial charge in [0, 0.05) is 25.3 Å². The second-order valence-corrected chi connectivity index (χ2v) is 3.78. The molecule has 0 spiro atoms. The maximum Gasteiger partial charge on any atom is 0.248 e.